The van der Waals surface area contributed by atoms with Crippen molar-refractivity contribution < 1.29 is 19.1 Å². The lowest BCUT2D eigenvalue weighted by atomic mass is 10.1. The van der Waals surface area contributed by atoms with Crippen LogP contribution in [-0.4, -0.2) is 39.6 Å². The van der Waals surface area contributed by atoms with Gasteiger partial charge < -0.3 is 25.0 Å². The number of aryl methyl sites for hydroxylation is 1. The maximum Gasteiger partial charge on any atom is 0.262 e. The Morgan fingerprint density at radius 1 is 0.906 bits per heavy atom. The van der Waals surface area contributed by atoms with Crippen LogP contribution in [0.4, 0.5) is 17.1 Å². The molecule has 2 amide bonds. The highest BCUT2D eigenvalue weighted by molar-refractivity contribution is 6.04. The Hall–Kier alpha value is -4.00. The number of benzene rings is 3. The molecule has 0 fully saturated rings. The van der Waals surface area contributed by atoms with Gasteiger partial charge in [0.25, 0.3) is 11.8 Å². The van der Waals surface area contributed by atoms with Crippen LogP contribution in [0.15, 0.2) is 66.7 Å². The van der Waals surface area contributed by atoms with E-state index in [9.17, 15) is 9.59 Å². The van der Waals surface area contributed by atoms with Crippen LogP contribution >= 0.6 is 0 Å². The number of hydrogen-bond acceptors (Lipinski definition) is 5. The number of amides is 2. The number of ether oxygens (including phenoxy) is 2. The van der Waals surface area contributed by atoms with Gasteiger partial charge in [0, 0.05) is 42.8 Å². The van der Waals surface area contributed by atoms with Crippen molar-refractivity contribution in [3.8, 4) is 11.5 Å². The molecule has 0 saturated carbocycles. The lowest BCUT2D eigenvalue weighted by Crippen LogP contribution is -2.20. The summed E-state index contributed by atoms with van der Waals surface area (Å²) in [5.41, 5.74) is 3.92. The van der Waals surface area contributed by atoms with Crippen LogP contribution in [0.2, 0.25) is 0 Å². The Morgan fingerprint density at radius 3 is 2.31 bits per heavy atom. The van der Waals surface area contributed by atoms with Crippen LogP contribution < -0.4 is 25.0 Å². The van der Waals surface area contributed by atoms with Crippen LogP contribution in [0.25, 0.3) is 0 Å². The van der Waals surface area contributed by atoms with E-state index in [4.69, 9.17) is 9.47 Å². The predicted molar refractivity (Wildman–Crippen MR) is 127 cm³/mol. The maximum absolute atomic E-state index is 12.6. The highest BCUT2D eigenvalue weighted by atomic mass is 16.5. The zero-order valence-corrected chi connectivity index (χ0v) is 18.6. The molecule has 3 aromatic rings. The Balaban J connectivity index is 1.54. The number of carbonyl (C=O) groups excluding carboxylic acids is 2. The van der Waals surface area contributed by atoms with E-state index in [0.717, 1.165) is 16.9 Å². The van der Waals surface area contributed by atoms with Crippen molar-refractivity contribution >= 4 is 28.9 Å². The molecule has 0 radical (unpaired) electrons. The fourth-order valence-corrected chi connectivity index (χ4v) is 3.01. The van der Waals surface area contributed by atoms with Crippen LogP contribution in [0.5, 0.6) is 11.5 Å². The predicted octanol–water partition coefficient (Wildman–Crippen LogP) is 4.34. The Bertz CT molecular complexity index is 1090. The maximum atomic E-state index is 12.6. The minimum absolute atomic E-state index is 0.153. The Labute approximate surface area is 188 Å². The molecule has 3 aromatic carbocycles. The van der Waals surface area contributed by atoms with Gasteiger partial charge in [-0.05, 0) is 67.1 Å². The number of anilines is 3. The second kappa shape index (κ2) is 10.3. The number of nitrogens with zero attached hydrogens (tertiary/aromatic N) is 1. The molecule has 166 valence electrons. The fraction of sp³-hybridized carbons (Fsp3) is 0.200. The number of hydrogen-bond donors (Lipinski definition) is 2. The zero-order valence-electron chi connectivity index (χ0n) is 18.6. The van der Waals surface area contributed by atoms with Crippen molar-refractivity contribution in [3.63, 3.8) is 0 Å². The summed E-state index contributed by atoms with van der Waals surface area (Å²) >= 11 is 0. The van der Waals surface area contributed by atoms with Gasteiger partial charge in [-0.25, -0.2) is 0 Å². The largest absolute Gasteiger partial charge is 0.497 e. The van der Waals surface area contributed by atoms with Crippen molar-refractivity contribution in [2.75, 3.05) is 43.3 Å². The van der Waals surface area contributed by atoms with E-state index in [1.165, 1.54) is 0 Å². The Kier molecular flexibility index (Phi) is 7.33. The summed E-state index contributed by atoms with van der Waals surface area (Å²) in [6.07, 6.45) is 0. The van der Waals surface area contributed by atoms with Gasteiger partial charge in [-0.3, -0.25) is 9.59 Å². The summed E-state index contributed by atoms with van der Waals surface area (Å²) in [5, 5.41) is 5.68. The summed E-state index contributed by atoms with van der Waals surface area (Å²) in [4.78, 5) is 26.7. The fourth-order valence-electron chi connectivity index (χ4n) is 3.01. The summed E-state index contributed by atoms with van der Waals surface area (Å²) in [6, 6.07) is 19.6. The minimum Gasteiger partial charge on any atom is -0.497 e. The van der Waals surface area contributed by atoms with Crippen molar-refractivity contribution in [2.24, 2.45) is 0 Å². The number of nitrogens with one attached hydrogen (secondary N) is 2. The van der Waals surface area contributed by atoms with Crippen molar-refractivity contribution in [1.29, 1.82) is 0 Å². The van der Waals surface area contributed by atoms with Gasteiger partial charge >= 0.3 is 0 Å². The average molecular weight is 434 g/mol. The number of carbonyl (C=O) groups is 2. The molecule has 0 aliphatic heterocycles. The molecule has 0 spiro atoms. The van der Waals surface area contributed by atoms with E-state index in [0.29, 0.717) is 22.7 Å². The summed E-state index contributed by atoms with van der Waals surface area (Å²) in [5.74, 6) is 0.639. The van der Waals surface area contributed by atoms with Crippen molar-refractivity contribution in [3.05, 3.63) is 77.9 Å². The SMILES string of the molecule is COc1cccc(NC(=O)COc2ccc(C(=O)Nc3ccc(N(C)C)cc3C)cc2)c1. The summed E-state index contributed by atoms with van der Waals surface area (Å²) < 4.78 is 10.7. The monoisotopic (exact) mass is 433 g/mol. The smallest absolute Gasteiger partial charge is 0.262 e. The molecule has 7 heteroatoms. The highest BCUT2D eigenvalue weighted by Gasteiger charge is 2.10. The third kappa shape index (κ3) is 6.01. The zero-order chi connectivity index (χ0) is 23.1. The summed E-state index contributed by atoms with van der Waals surface area (Å²) in [6.45, 7) is 1.80. The van der Waals surface area contributed by atoms with Crippen LogP contribution in [0.3, 0.4) is 0 Å². The van der Waals surface area contributed by atoms with Gasteiger partial charge in [0.2, 0.25) is 0 Å². The quantitative estimate of drug-likeness (QED) is 0.552. The van der Waals surface area contributed by atoms with Gasteiger partial charge in [-0.2, -0.15) is 0 Å². The van der Waals surface area contributed by atoms with E-state index in [1.54, 1.807) is 55.6 Å². The first kappa shape index (κ1) is 22.7. The molecule has 0 unspecified atom stereocenters. The topological polar surface area (TPSA) is 79.9 Å². The standard InChI is InChI=1S/C25H27N3O4/c1-17-14-20(28(2)3)10-13-23(17)27-25(30)18-8-11-21(12-9-18)32-16-24(29)26-19-6-5-7-22(15-19)31-4/h5-15H,16H2,1-4H3,(H,26,29)(H,27,30). The second-order valence-corrected chi connectivity index (χ2v) is 7.44. The number of methoxy groups -OCH3 is 1. The molecule has 0 bridgehead atoms. The lowest BCUT2D eigenvalue weighted by molar-refractivity contribution is -0.118. The van der Waals surface area contributed by atoms with E-state index < -0.39 is 0 Å². The normalized spacial score (nSPS) is 10.2. The Morgan fingerprint density at radius 2 is 1.66 bits per heavy atom. The van der Waals surface area contributed by atoms with Crippen LogP contribution in [-0.2, 0) is 4.79 Å². The molecule has 7 nitrogen and oxygen atoms in total. The molecule has 0 aromatic heterocycles. The molecule has 0 aliphatic carbocycles. The molecule has 32 heavy (non-hydrogen) atoms. The second-order valence-electron chi connectivity index (χ2n) is 7.44. The molecule has 3 rings (SSSR count). The molecule has 0 atom stereocenters. The molecule has 0 saturated heterocycles. The molecule has 0 aliphatic rings. The van der Waals surface area contributed by atoms with Crippen molar-refractivity contribution in [1.82, 2.24) is 0 Å². The first-order chi connectivity index (χ1) is 15.4. The lowest BCUT2D eigenvalue weighted by Gasteiger charge is -2.15. The highest BCUT2D eigenvalue weighted by Crippen LogP contribution is 2.22. The molecular weight excluding hydrogens is 406 g/mol. The van der Waals surface area contributed by atoms with Gasteiger partial charge in [0.15, 0.2) is 6.61 Å². The van der Waals surface area contributed by atoms with Gasteiger partial charge in [0.05, 0.1) is 7.11 Å². The van der Waals surface area contributed by atoms with E-state index in [2.05, 4.69) is 10.6 Å². The third-order valence-electron chi connectivity index (χ3n) is 4.81. The number of rotatable bonds is 8. The molecule has 0 heterocycles. The van der Waals surface area contributed by atoms with Gasteiger partial charge in [-0.15, -0.1) is 0 Å². The first-order valence-electron chi connectivity index (χ1n) is 10.1. The van der Waals surface area contributed by atoms with E-state index >= 15 is 0 Å². The molecule has 2 N–H and O–H groups in total. The van der Waals surface area contributed by atoms with Crippen LogP contribution in [0, 0.1) is 6.92 Å². The van der Waals surface area contributed by atoms with Crippen molar-refractivity contribution in [2.45, 2.75) is 6.92 Å². The third-order valence-corrected chi connectivity index (χ3v) is 4.81. The van der Waals surface area contributed by atoms with E-state index in [-0.39, 0.29) is 18.4 Å². The minimum atomic E-state index is -0.295. The summed E-state index contributed by atoms with van der Waals surface area (Å²) in [7, 11) is 5.51. The first-order valence-corrected chi connectivity index (χ1v) is 10.1. The van der Waals surface area contributed by atoms with E-state index in [1.807, 2.05) is 44.1 Å². The van der Waals surface area contributed by atoms with Gasteiger partial charge in [0.1, 0.15) is 11.5 Å². The van der Waals surface area contributed by atoms with Gasteiger partial charge in [-0.1, -0.05) is 6.07 Å². The van der Waals surface area contributed by atoms with Crippen LogP contribution in [0.1, 0.15) is 15.9 Å². The average Bonchev–Trinajstić information content (AvgIpc) is 2.79. The molecular formula is C25H27N3O4.